The second kappa shape index (κ2) is 8.34. The SMILES string of the molecule is Cn1c(COC(=O)c2cccc(S(=O)(=O)N3CCCCC3)c2)cc(=O)n(C)c1=O. The number of benzene rings is 1. The van der Waals surface area contributed by atoms with Crippen molar-refractivity contribution in [3.05, 3.63) is 62.4 Å². The Morgan fingerprint density at radius 1 is 1.03 bits per heavy atom. The fourth-order valence-electron chi connectivity index (χ4n) is 3.18. The molecule has 0 saturated carbocycles. The lowest BCUT2D eigenvalue weighted by Gasteiger charge is -2.25. The van der Waals surface area contributed by atoms with Crippen LogP contribution in [0.15, 0.2) is 44.8 Å². The van der Waals surface area contributed by atoms with Crippen LogP contribution in [0.2, 0.25) is 0 Å². The first kappa shape index (κ1) is 21.0. The molecule has 0 N–H and O–H groups in total. The van der Waals surface area contributed by atoms with E-state index >= 15 is 0 Å². The van der Waals surface area contributed by atoms with E-state index in [9.17, 15) is 22.8 Å². The van der Waals surface area contributed by atoms with Crippen LogP contribution in [-0.2, 0) is 35.5 Å². The number of carbonyl (C=O) groups is 1. The van der Waals surface area contributed by atoms with Crippen LogP contribution in [-0.4, -0.2) is 40.9 Å². The first-order valence-corrected chi connectivity index (χ1v) is 10.7. The minimum Gasteiger partial charge on any atom is -0.456 e. The molecule has 0 aliphatic carbocycles. The van der Waals surface area contributed by atoms with Gasteiger partial charge in [0.05, 0.1) is 16.2 Å². The molecular weight excluding hydrogens is 398 g/mol. The van der Waals surface area contributed by atoms with E-state index in [1.807, 2.05) is 0 Å². The van der Waals surface area contributed by atoms with Crippen molar-refractivity contribution in [1.29, 1.82) is 0 Å². The summed E-state index contributed by atoms with van der Waals surface area (Å²) in [5, 5.41) is 0. The van der Waals surface area contributed by atoms with Gasteiger partial charge in [0.2, 0.25) is 10.0 Å². The monoisotopic (exact) mass is 421 g/mol. The summed E-state index contributed by atoms with van der Waals surface area (Å²) >= 11 is 0. The number of ether oxygens (including phenoxy) is 1. The predicted octanol–water partition coefficient (Wildman–Crippen LogP) is 0.616. The van der Waals surface area contributed by atoms with Gasteiger partial charge in [-0.3, -0.25) is 13.9 Å². The molecule has 2 aromatic rings. The van der Waals surface area contributed by atoms with Gasteiger partial charge in [0.25, 0.3) is 5.56 Å². The summed E-state index contributed by atoms with van der Waals surface area (Å²) in [6, 6.07) is 6.90. The first-order valence-electron chi connectivity index (χ1n) is 9.25. The molecule has 0 spiro atoms. The van der Waals surface area contributed by atoms with Gasteiger partial charge in [0.15, 0.2) is 0 Å². The van der Waals surface area contributed by atoms with Crippen molar-refractivity contribution >= 4 is 16.0 Å². The van der Waals surface area contributed by atoms with Gasteiger partial charge in [0.1, 0.15) is 6.61 Å². The Labute approximate surface area is 168 Å². The molecule has 3 rings (SSSR count). The van der Waals surface area contributed by atoms with E-state index in [-0.39, 0.29) is 22.8 Å². The minimum absolute atomic E-state index is 0.0369. The number of piperidine rings is 1. The van der Waals surface area contributed by atoms with Gasteiger partial charge in [0, 0.05) is 33.3 Å². The maximum atomic E-state index is 12.8. The number of aromatic nitrogens is 2. The highest BCUT2D eigenvalue weighted by molar-refractivity contribution is 7.89. The van der Waals surface area contributed by atoms with Crippen LogP contribution >= 0.6 is 0 Å². The third-order valence-corrected chi connectivity index (χ3v) is 6.89. The van der Waals surface area contributed by atoms with Gasteiger partial charge in [-0.15, -0.1) is 0 Å². The predicted molar refractivity (Wildman–Crippen MR) is 105 cm³/mol. The van der Waals surface area contributed by atoms with E-state index in [0.717, 1.165) is 23.8 Å². The molecule has 1 saturated heterocycles. The second-order valence-corrected chi connectivity index (χ2v) is 8.88. The molecule has 0 radical (unpaired) electrons. The molecule has 0 bridgehead atoms. The quantitative estimate of drug-likeness (QED) is 0.655. The van der Waals surface area contributed by atoms with Gasteiger partial charge in [-0.05, 0) is 31.0 Å². The molecule has 29 heavy (non-hydrogen) atoms. The number of rotatable bonds is 5. The Kier molecular flexibility index (Phi) is 6.04. The number of esters is 1. The van der Waals surface area contributed by atoms with Crippen molar-refractivity contribution in [3.8, 4) is 0 Å². The topological polar surface area (TPSA) is 108 Å². The molecule has 0 amide bonds. The molecule has 9 nitrogen and oxygen atoms in total. The van der Waals surface area contributed by atoms with E-state index in [1.165, 1.54) is 53.3 Å². The number of nitrogens with zero attached hydrogens (tertiary/aromatic N) is 3. The van der Waals surface area contributed by atoms with E-state index in [4.69, 9.17) is 4.74 Å². The molecule has 0 atom stereocenters. The van der Waals surface area contributed by atoms with Gasteiger partial charge >= 0.3 is 11.7 Å². The van der Waals surface area contributed by atoms with Crippen LogP contribution in [0.3, 0.4) is 0 Å². The Morgan fingerprint density at radius 3 is 2.41 bits per heavy atom. The van der Waals surface area contributed by atoms with Gasteiger partial charge in [-0.1, -0.05) is 12.5 Å². The van der Waals surface area contributed by atoms with Crippen molar-refractivity contribution in [1.82, 2.24) is 13.4 Å². The lowest BCUT2D eigenvalue weighted by molar-refractivity contribution is 0.0462. The van der Waals surface area contributed by atoms with E-state index < -0.39 is 27.2 Å². The zero-order valence-corrected chi connectivity index (χ0v) is 17.1. The molecule has 1 fully saturated rings. The Balaban J connectivity index is 1.78. The first-order chi connectivity index (χ1) is 13.7. The zero-order valence-electron chi connectivity index (χ0n) is 16.3. The summed E-state index contributed by atoms with van der Waals surface area (Å²) < 4.78 is 34.4. The van der Waals surface area contributed by atoms with Crippen molar-refractivity contribution in [2.75, 3.05) is 13.1 Å². The highest BCUT2D eigenvalue weighted by atomic mass is 32.2. The van der Waals surface area contributed by atoms with Crippen LogP contribution in [0, 0.1) is 0 Å². The van der Waals surface area contributed by atoms with Crippen molar-refractivity contribution in [2.24, 2.45) is 14.1 Å². The zero-order chi connectivity index (χ0) is 21.2. The molecule has 1 aromatic carbocycles. The number of sulfonamides is 1. The van der Waals surface area contributed by atoms with Crippen LogP contribution in [0.4, 0.5) is 0 Å². The van der Waals surface area contributed by atoms with Gasteiger partial charge in [-0.25, -0.2) is 18.0 Å². The highest BCUT2D eigenvalue weighted by Gasteiger charge is 2.26. The third-order valence-electron chi connectivity index (χ3n) is 5.00. The van der Waals surface area contributed by atoms with E-state index in [0.29, 0.717) is 13.1 Å². The van der Waals surface area contributed by atoms with Gasteiger partial charge in [-0.2, -0.15) is 4.31 Å². The maximum Gasteiger partial charge on any atom is 0.338 e. The van der Waals surface area contributed by atoms with E-state index in [2.05, 4.69) is 0 Å². The van der Waals surface area contributed by atoms with Crippen LogP contribution in [0.25, 0.3) is 0 Å². The second-order valence-electron chi connectivity index (χ2n) is 6.94. The third kappa shape index (κ3) is 4.33. The Hall–Kier alpha value is -2.72. The average Bonchev–Trinajstić information content (AvgIpc) is 2.74. The van der Waals surface area contributed by atoms with E-state index in [1.54, 1.807) is 0 Å². The molecule has 1 aliphatic heterocycles. The summed E-state index contributed by atoms with van der Waals surface area (Å²) in [7, 11) is -0.847. The average molecular weight is 421 g/mol. The summed E-state index contributed by atoms with van der Waals surface area (Å²) in [6.45, 7) is 0.645. The standard InChI is InChI=1S/C19H23N3O6S/c1-20-15(12-17(23)21(2)19(20)25)13-28-18(24)14-7-6-8-16(11-14)29(26,27)22-9-4-3-5-10-22/h6-8,11-12H,3-5,9-10,13H2,1-2H3. The minimum atomic E-state index is -3.67. The summed E-state index contributed by atoms with van der Waals surface area (Å²) in [4.78, 5) is 36.2. The molecule has 1 aliphatic rings. The Morgan fingerprint density at radius 2 is 1.72 bits per heavy atom. The molecule has 0 unspecified atom stereocenters. The van der Waals surface area contributed by atoms with Crippen LogP contribution in [0.5, 0.6) is 0 Å². The van der Waals surface area contributed by atoms with Crippen molar-refractivity contribution < 1.29 is 17.9 Å². The molecule has 2 heterocycles. The molecule has 1 aromatic heterocycles. The molecular formula is C19H23N3O6S. The maximum absolute atomic E-state index is 12.8. The fraction of sp³-hybridized carbons (Fsp3) is 0.421. The lowest BCUT2D eigenvalue weighted by atomic mass is 10.2. The fourth-order valence-corrected chi connectivity index (χ4v) is 4.74. The number of carbonyl (C=O) groups excluding carboxylic acids is 1. The normalized spacial score (nSPS) is 15.2. The largest absolute Gasteiger partial charge is 0.456 e. The smallest absolute Gasteiger partial charge is 0.338 e. The van der Waals surface area contributed by atoms with Crippen LogP contribution < -0.4 is 11.2 Å². The molecule has 10 heteroatoms. The summed E-state index contributed by atoms with van der Waals surface area (Å²) in [5.41, 5.74) is -0.715. The van der Waals surface area contributed by atoms with Crippen molar-refractivity contribution in [2.45, 2.75) is 30.8 Å². The molecule has 156 valence electrons. The highest BCUT2D eigenvalue weighted by Crippen LogP contribution is 2.21. The number of hydrogen-bond acceptors (Lipinski definition) is 6. The summed E-state index contributed by atoms with van der Waals surface area (Å²) in [6.07, 6.45) is 2.63. The lowest BCUT2D eigenvalue weighted by Crippen LogP contribution is -2.38. The summed E-state index contributed by atoms with van der Waals surface area (Å²) in [5.74, 6) is -0.742. The number of hydrogen-bond donors (Lipinski definition) is 0. The van der Waals surface area contributed by atoms with Gasteiger partial charge < -0.3 is 4.74 Å². The van der Waals surface area contributed by atoms with Crippen LogP contribution in [0.1, 0.15) is 35.3 Å². The Bertz CT molecular complexity index is 1140. The van der Waals surface area contributed by atoms with Crippen molar-refractivity contribution in [3.63, 3.8) is 0 Å².